The molecule has 0 aliphatic heterocycles. The fourth-order valence-electron chi connectivity index (χ4n) is 3.42. The largest absolute Gasteiger partial charge is 0.378 e. The van der Waals surface area contributed by atoms with E-state index < -0.39 is 18.4 Å². The molecule has 0 N–H and O–H groups in total. The van der Waals surface area contributed by atoms with Gasteiger partial charge in [0.25, 0.3) is 0 Å². The van der Waals surface area contributed by atoms with Gasteiger partial charge in [0.2, 0.25) is 0 Å². The predicted octanol–water partition coefficient (Wildman–Crippen LogP) is 3.67. The molecule has 2 aliphatic rings. The standard InChI is InChI=1S/C13H22F2O/c1-16-11-8-7-10(12(14)13(11)15)9-5-3-2-4-6-9/h9-13H,2-8H2,1H3. The van der Waals surface area contributed by atoms with Crippen LogP contribution < -0.4 is 0 Å². The van der Waals surface area contributed by atoms with Gasteiger partial charge in [-0.3, -0.25) is 0 Å². The third kappa shape index (κ3) is 2.39. The van der Waals surface area contributed by atoms with E-state index in [0.29, 0.717) is 12.3 Å². The van der Waals surface area contributed by atoms with Crippen molar-refractivity contribution in [2.45, 2.75) is 63.4 Å². The van der Waals surface area contributed by atoms with E-state index in [1.165, 1.54) is 26.4 Å². The fourth-order valence-corrected chi connectivity index (χ4v) is 3.42. The molecule has 0 bridgehead atoms. The van der Waals surface area contributed by atoms with Crippen molar-refractivity contribution >= 4 is 0 Å². The van der Waals surface area contributed by atoms with Crippen LogP contribution in [0.15, 0.2) is 0 Å². The predicted molar refractivity (Wildman–Crippen MR) is 59.9 cm³/mol. The van der Waals surface area contributed by atoms with E-state index in [-0.39, 0.29) is 5.92 Å². The molecule has 2 rings (SSSR count). The van der Waals surface area contributed by atoms with Gasteiger partial charge >= 0.3 is 0 Å². The summed E-state index contributed by atoms with van der Waals surface area (Å²) in [5, 5.41) is 0. The molecule has 0 aromatic carbocycles. The van der Waals surface area contributed by atoms with Crippen LogP contribution in [0.25, 0.3) is 0 Å². The number of alkyl halides is 2. The second-order valence-electron chi connectivity index (χ2n) is 5.30. The highest BCUT2D eigenvalue weighted by atomic mass is 19.2. The Bertz CT molecular complexity index is 216. The molecule has 0 spiro atoms. The van der Waals surface area contributed by atoms with Crippen LogP contribution in [-0.4, -0.2) is 25.6 Å². The summed E-state index contributed by atoms with van der Waals surface area (Å²) < 4.78 is 32.7. The van der Waals surface area contributed by atoms with E-state index in [9.17, 15) is 8.78 Å². The van der Waals surface area contributed by atoms with Gasteiger partial charge in [0.05, 0.1) is 6.10 Å². The lowest BCUT2D eigenvalue weighted by Crippen LogP contribution is -2.45. The van der Waals surface area contributed by atoms with E-state index in [1.807, 2.05) is 0 Å². The van der Waals surface area contributed by atoms with Gasteiger partial charge in [0, 0.05) is 7.11 Å². The van der Waals surface area contributed by atoms with Crippen LogP contribution in [0.4, 0.5) is 8.78 Å². The van der Waals surface area contributed by atoms with Crippen LogP contribution in [0, 0.1) is 11.8 Å². The van der Waals surface area contributed by atoms with Gasteiger partial charge in [-0.1, -0.05) is 32.1 Å². The summed E-state index contributed by atoms with van der Waals surface area (Å²) in [7, 11) is 1.48. The van der Waals surface area contributed by atoms with Crippen LogP contribution >= 0.6 is 0 Å². The Kier molecular flexibility index (Phi) is 4.17. The van der Waals surface area contributed by atoms with Crippen LogP contribution in [0.5, 0.6) is 0 Å². The van der Waals surface area contributed by atoms with Crippen LogP contribution in [0.3, 0.4) is 0 Å². The molecule has 2 fully saturated rings. The molecule has 16 heavy (non-hydrogen) atoms. The molecule has 0 amide bonds. The molecular formula is C13H22F2O. The van der Waals surface area contributed by atoms with Crippen molar-refractivity contribution in [1.82, 2.24) is 0 Å². The van der Waals surface area contributed by atoms with Crippen molar-refractivity contribution in [2.75, 3.05) is 7.11 Å². The first kappa shape index (κ1) is 12.3. The number of rotatable bonds is 2. The molecule has 0 heterocycles. The number of methoxy groups -OCH3 is 1. The quantitative estimate of drug-likeness (QED) is 0.706. The molecular weight excluding hydrogens is 210 g/mol. The lowest BCUT2D eigenvalue weighted by Gasteiger charge is -2.39. The summed E-state index contributed by atoms with van der Waals surface area (Å²) in [6.45, 7) is 0. The zero-order chi connectivity index (χ0) is 11.5. The van der Waals surface area contributed by atoms with E-state index in [0.717, 1.165) is 19.3 Å². The normalized spacial score (nSPS) is 42.2. The molecule has 4 unspecified atom stereocenters. The third-order valence-corrected chi connectivity index (χ3v) is 4.41. The minimum atomic E-state index is -1.41. The number of ether oxygens (including phenoxy) is 1. The first-order valence-electron chi connectivity index (χ1n) is 6.55. The van der Waals surface area contributed by atoms with Gasteiger partial charge in [-0.15, -0.1) is 0 Å². The zero-order valence-corrected chi connectivity index (χ0v) is 10.0. The van der Waals surface area contributed by atoms with Crippen LogP contribution in [-0.2, 0) is 4.74 Å². The smallest absolute Gasteiger partial charge is 0.157 e. The van der Waals surface area contributed by atoms with Gasteiger partial charge in [0.1, 0.15) is 6.17 Å². The lowest BCUT2D eigenvalue weighted by molar-refractivity contribution is -0.0707. The molecule has 0 aromatic heterocycles. The second kappa shape index (κ2) is 5.44. The van der Waals surface area contributed by atoms with Crippen molar-refractivity contribution < 1.29 is 13.5 Å². The highest BCUT2D eigenvalue weighted by Gasteiger charge is 2.43. The number of hydrogen-bond donors (Lipinski definition) is 0. The zero-order valence-electron chi connectivity index (χ0n) is 10.0. The van der Waals surface area contributed by atoms with Gasteiger partial charge in [-0.25, -0.2) is 8.78 Å². The third-order valence-electron chi connectivity index (χ3n) is 4.41. The van der Waals surface area contributed by atoms with Crippen molar-refractivity contribution in [3.05, 3.63) is 0 Å². The average Bonchev–Trinajstić information content (AvgIpc) is 2.34. The molecule has 2 saturated carbocycles. The number of halogens is 2. The van der Waals surface area contributed by atoms with Crippen molar-refractivity contribution in [2.24, 2.45) is 11.8 Å². The van der Waals surface area contributed by atoms with Gasteiger partial charge in [-0.2, -0.15) is 0 Å². The van der Waals surface area contributed by atoms with E-state index in [4.69, 9.17) is 4.74 Å². The minimum Gasteiger partial charge on any atom is -0.378 e. The van der Waals surface area contributed by atoms with Crippen molar-refractivity contribution in [3.8, 4) is 0 Å². The van der Waals surface area contributed by atoms with E-state index in [2.05, 4.69) is 0 Å². The summed E-state index contributed by atoms with van der Waals surface area (Å²) in [6.07, 6.45) is 4.08. The van der Waals surface area contributed by atoms with Gasteiger partial charge < -0.3 is 4.74 Å². The van der Waals surface area contributed by atoms with Gasteiger partial charge in [-0.05, 0) is 24.7 Å². The Hall–Kier alpha value is -0.180. The maximum absolute atomic E-state index is 14.0. The second-order valence-corrected chi connectivity index (χ2v) is 5.30. The highest BCUT2D eigenvalue weighted by molar-refractivity contribution is 4.92. The summed E-state index contributed by atoms with van der Waals surface area (Å²) in [6, 6.07) is 0. The summed E-state index contributed by atoms with van der Waals surface area (Å²) in [5.74, 6) is 0.363. The Morgan fingerprint density at radius 1 is 0.875 bits per heavy atom. The van der Waals surface area contributed by atoms with Crippen LogP contribution in [0.2, 0.25) is 0 Å². The van der Waals surface area contributed by atoms with E-state index >= 15 is 0 Å². The van der Waals surface area contributed by atoms with Crippen LogP contribution in [0.1, 0.15) is 44.9 Å². The maximum atomic E-state index is 14.0. The Morgan fingerprint density at radius 3 is 2.19 bits per heavy atom. The lowest BCUT2D eigenvalue weighted by atomic mass is 9.71. The molecule has 1 nitrogen and oxygen atoms in total. The first-order valence-corrected chi connectivity index (χ1v) is 6.55. The Morgan fingerprint density at radius 2 is 1.56 bits per heavy atom. The van der Waals surface area contributed by atoms with Crippen molar-refractivity contribution in [3.63, 3.8) is 0 Å². The SMILES string of the molecule is COC1CCC(C2CCCCC2)C(F)C1F. The average molecular weight is 232 g/mol. The maximum Gasteiger partial charge on any atom is 0.157 e. The summed E-state index contributed by atoms with van der Waals surface area (Å²) in [5.41, 5.74) is 0. The monoisotopic (exact) mass is 232 g/mol. The molecule has 0 radical (unpaired) electrons. The van der Waals surface area contributed by atoms with Crippen molar-refractivity contribution in [1.29, 1.82) is 0 Å². The summed E-state index contributed by atoms with van der Waals surface area (Å²) in [4.78, 5) is 0. The first-order chi connectivity index (χ1) is 7.74. The topological polar surface area (TPSA) is 9.23 Å². The molecule has 3 heteroatoms. The molecule has 4 atom stereocenters. The highest BCUT2D eigenvalue weighted by Crippen LogP contribution is 2.41. The minimum absolute atomic E-state index is 0.0540. The van der Waals surface area contributed by atoms with E-state index in [1.54, 1.807) is 0 Å². The molecule has 2 aliphatic carbocycles. The molecule has 0 saturated heterocycles. The number of hydrogen-bond acceptors (Lipinski definition) is 1. The summed E-state index contributed by atoms with van der Waals surface area (Å²) >= 11 is 0. The van der Waals surface area contributed by atoms with Gasteiger partial charge in [0.15, 0.2) is 6.17 Å². The Balaban J connectivity index is 1.95. The fraction of sp³-hybridized carbons (Fsp3) is 1.00. The molecule has 94 valence electrons. The molecule has 0 aromatic rings. The Labute approximate surface area is 96.6 Å².